The van der Waals surface area contributed by atoms with E-state index < -0.39 is 6.10 Å². The lowest BCUT2D eigenvalue weighted by molar-refractivity contribution is 0.105. The number of nitrogens with one attached hydrogen (secondary N) is 1. The SMILES string of the molecule is CC(C)c1ccccc1OC[C@H](O)CNC[C@@H](C)c1ccccc1. The van der Waals surface area contributed by atoms with Crippen LogP contribution in [0.5, 0.6) is 5.75 Å². The highest BCUT2D eigenvalue weighted by molar-refractivity contribution is 5.35. The van der Waals surface area contributed by atoms with Crippen molar-refractivity contribution >= 4 is 0 Å². The molecular weight excluding hydrogens is 298 g/mol. The Kier molecular flexibility index (Phi) is 7.29. The summed E-state index contributed by atoms with van der Waals surface area (Å²) < 4.78 is 5.81. The topological polar surface area (TPSA) is 41.5 Å². The number of para-hydroxylation sites is 1. The average molecular weight is 327 g/mol. The van der Waals surface area contributed by atoms with Gasteiger partial charge in [0.05, 0.1) is 0 Å². The van der Waals surface area contributed by atoms with Crippen LogP contribution in [0.25, 0.3) is 0 Å². The summed E-state index contributed by atoms with van der Waals surface area (Å²) >= 11 is 0. The molecule has 3 heteroatoms. The van der Waals surface area contributed by atoms with E-state index in [0.717, 1.165) is 12.3 Å². The number of hydrogen-bond acceptors (Lipinski definition) is 3. The van der Waals surface area contributed by atoms with Gasteiger partial charge in [-0.05, 0) is 29.0 Å². The van der Waals surface area contributed by atoms with Gasteiger partial charge in [0.15, 0.2) is 0 Å². The quantitative estimate of drug-likeness (QED) is 0.733. The summed E-state index contributed by atoms with van der Waals surface area (Å²) in [5.74, 6) is 1.69. The summed E-state index contributed by atoms with van der Waals surface area (Å²) in [7, 11) is 0. The van der Waals surface area contributed by atoms with E-state index in [-0.39, 0.29) is 0 Å². The fourth-order valence-corrected chi connectivity index (χ4v) is 2.70. The van der Waals surface area contributed by atoms with Crippen LogP contribution in [0.1, 0.15) is 43.7 Å². The Bertz CT molecular complexity index is 598. The van der Waals surface area contributed by atoms with Crippen LogP contribution < -0.4 is 10.1 Å². The predicted octanol–water partition coefficient (Wildman–Crippen LogP) is 3.94. The summed E-state index contributed by atoms with van der Waals surface area (Å²) in [6.45, 7) is 8.14. The van der Waals surface area contributed by atoms with Gasteiger partial charge in [0.25, 0.3) is 0 Å². The Hall–Kier alpha value is -1.84. The second-order valence-corrected chi connectivity index (χ2v) is 6.63. The highest BCUT2D eigenvalue weighted by Crippen LogP contribution is 2.25. The van der Waals surface area contributed by atoms with Crippen LogP contribution in [-0.2, 0) is 0 Å². The third kappa shape index (κ3) is 5.66. The zero-order valence-electron chi connectivity index (χ0n) is 14.9. The van der Waals surface area contributed by atoms with Crippen LogP contribution in [0.4, 0.5) is 0 Å². The molecule has 3 nitrogen and oxygen atoms in total. The van der Waals surface area contributed by atoms with Crippen LogP contribution in [0.3, 0.4) is 0 Å². The number of ether oxygens (including phenoxy) is 1. The predicted molar refractivity (Wildman–Crippen MR) is 99.8 cm³/mol. The first kappa shape index (κ1) is 18.5. The summed E-state index contributed by atoms with van der Waals surface area (Å²) in [5, 5.41) is 13.5. The minimum Gasteiger partial charge on any atom is -0.491 e. The van der Waals surface area contributed by atoms with Gasteiger partial charge in [-0.15, -0.1) is 0 Å². The second-order valence-electron chi connectivity index (χ2n) is 6.63. The average Bonchev–Trinajstić information content (AvgIpc) is 2.60. The molecule has 2 aromatic carbocycles. The lowest BCUT2D eigenvalue weighted by Gasteiger charge is -2.18. The third-order valence-corrected chi connectivity index (χ3v) is 4.17. The van der Waals surface area contributed by atoms with E-state index >= 15 is 0 Å². The first-order valence-electron chi connectivity index (χ1n) is 8.73. The maximum Gasteiger partial charge on any atom is 0.122 e. The number of rotatable bonds is 9. The van der Waals surface area contributed by atoms with Crippen molar-refractivity contribution in [3.05, 3.63) is 65.7 Å². The largest absolute Gasteiger partial charge is 0.491 e. The lowest BCUT2D eigenvalue weighted by Crippen LogP contribution is -2.33. The molecule has 2 aromatic rings. The number of aliphatic hydroxyl groups excluding tert-OH is 1. The molecule has 0 spiro atoms. The summed E-state index contributed by atoms with van der Waals surface area (Å²) in [6, 6.07) is 18.4. The van der Waals surface area contributed by atoms with Crippen LogP contribution in [-0.4, -0.2) is 30.9 Å². The first-order chi connectivity index (χ1) is 11.6. The molecule has 130 valence electrons. The van der Waals surface area contributed by atoms with Gasteiger partial charge in [-0.2, -0.15) is 0 Å². The monoisotopic (exact) mass is 327 g/mol. The Morgan fingerprint density at radius 2 is 1.58 bits per heavy atom. The van der Waals surface area contributed by atoms with Gasteiger partial charge in [0, 0.05) is 13.1 Å². The highest BCUT2D eigenvalue weighted by atomic mass is 16.5. The molecule has 2 N–H and O–H groups in total. The molecular formula is C21H29NO2. The van der Waals surface area contributed by atoms with Gasteiger partial charge in [-0.3, -0.25) is 0 Å². The van der Waals surface area contributed by atoms with Crippen molar-refractivity contribution in [3.8, 4) is 5.75 Å². The molecule has 24 heavy (non-hydrogen) atoms. The summed E-state index contributed by atoms with van der Waals surface area (Å²) in [5.41, 5.74) is 2.48. The maximum atomic E-state index is 10.1. The molecule has 0 amide bonds. The van der Waals surface area contributed by atoms with E-state index in [9.17, 15) is 5.11 Å². The first-order valence-corrected chi connectivity index (χ1v) is 8.73. The second kappa shape index (κ2) is 9.45. The number of aliphatic hydroxyl groups is 1. The molecule has 0 saturated heterocycles. The Morgan fingerprint density at radius 3 is 2.29 bits per heavy atom. The molecule has 2 atom stereocenters. The normalized spacial score (nSPS) is 13.7. The van der Waals surface area contributed by atoms with E-state index in [1.165, 1.54) is 11.1 Å². The fourth-order valence-electron chi connectivity index (χ4n) is 2.70. The summed E-state index contributed by atoms with van der Waals surface area (Å²) in [6.07, 6.45) is -0.520. The Labute approximate surface area is 145 Å². The number of benzene rings is 2. The molecule has 0 aliphatic rings. The van der Waals surface area contributed by atoms with E-state index in [1.807, 2.05) is 24.3 Å². The lowest BCUT2D eigenvalue weighted by atomic mass is 10.0. The van der Waals surface area contributed by atoms with Gasteiger partial charge < -0.3 is 15.2 Å². The molecule has 2 rings (SSSR count). The Morgan fingerprint density at radius 1 is 0.917 bits per heavy atom. The molecule has 0 aliphatic carbocycles. The molecule has 0 bridgehead atoms. The van der Waals surface area contributed by atoms with Gasteiger partial charge in [0.2, 0.25) is 0 Å². The van der Waals surface area contributed by atoms with Crippen LogP contribution in [0.2, 0.25) is 0 Å². The summed E-state index contributed by atoms with van der Waals surface area (Å²) in [4.78, 5) is 0. The van der Waals surface area contributed by atoms with Crippen LogP contribution >= 0.6 is 0 Å². The van der Waals surface area contributed by atoms with Crippen molar-refractivity contribution in [2.24, 2.45) is 0 Å². The van der Waals surface area contributed by atoms with E-state index in [2.05, 4.69) is 56.4 Å². The molecule has 0 aliphatic heterocycles. The minimum atomic E-state index is -0.520. The van der Waals surface area contributed by atoms with E-state index in [0.29, 0.717) is 25.0 Å². The molecule has 0 fully saturated rings. The van der Waals surface area contributed by atoms with Crippen molar-refractivity contribution in [1.82, 2.24) is 5.32 Å². The van der Waals surface area contributed by atoms with Crippen LogP contribution in [0, 0.1) is 0 Å². The Balaban J connectivity index is 1.73. The van der Waals surface area contributed by atoms with Gasteiger partial charge in [-0.25, -0.2) is 0 Å². The van der Waals surface area contributed by atoms with Gasteiger partial charge >= 0.3 is 0 Å². The van der Waals surface area contributed by atoms with Crippen LogP contribution in [0.15, 0.2) is 54.6 Å². The minimum absolute atomic E-state index is 0.302. The maximum absolute atomic E-state index is 10.1. The smallest absolute Gasteiger partial charge is 0.122 e. The fraction of sp³-hybridized carbons (Fsp3) is 0.429. The van der Waals surface area contributed by atoms with E-state index in [1.54, 1.807) is 0 Å². The zero-order valence-corrected chi connectivity index (χ0v) is 14.9. The van der Waals surface area contributed by atoms with Gasteiger partial charge in [0.1, 0.15) is 18.5 Å². The molecule has 0 radical (unpaired) electrons. The third-order valence-electron chi connectivity index (χ3n) is 4.17. The van der Waals surface area contributed by atoms with Crippen molar-refractivity contribution in [2.75, 3.05) is 19.7 Å². The van der Waals surface area contributed by atoms with Crippen molar-refractivity contribution in [3.63, 3.8) is 0 Å². The van der Waals surface area contributed by atoms with Crippen molar-refractivity contribution in [1.29, 1.82) is 0 Å². The molecule has 0 unspecified atom stereocenters. The molecule has 0 aromatic heterocycles. The van der Waals surface area contributed by atoms with E-state index in [4.69, 9.17) is 4.74 Å². The standard InChI is InChI=1S/C21H29NO2/c1-16(2)20-11-7-8-12-21(20)24-15-19(23)14-22-13-17(3)18-9-5-4-6-10-18/h4-12,16-17,19,22-23H,13-15H2,1-3H3/t17-,19-/m1/s1. The van der Waals surface area contributed by atoms with Gasteiger partial charge in [-0.1, -0.05) is 69.3 Å². The van der Waals surface area contributed by atoms with Crippen molar-refractivity contribution < 1.29 is 9.84 Å². The zero-order chi connectivity index (χ0) is 17.4. The number of hydrogen-bond donors (Lipinski definition) is 2. The molecule has 0 saturated carbocycles. The van der Waals surface area contributed by atoms with Crippen molar-refractivity contribution in [2.45, 2.75) is 38.7 Å². The molecule has 0 heterocycles. The highest BCUT2D eigenvalue weighted by Gasteiger charge is 2.11.